The number of pyridine rings is 1. The van der Waals surface area contributed by atoms with Gasteiger partial charge in [-0.1, -0.05) is 43.3 Å². The van der Waals surface area contributed by atoms with Crippen molar-refractivity contribution < 1.29 is 33.8 Å². The van der Waals surface area contributed by atoms with Gasteiger partial charge in [-0.15, -0.1) is 10.2 Å². The van der Waals surface area contributed by atoms with Gasteiger partial charge in [-0.05, 0) is 92.8 Å². The zero-order chi connectivity index (χ0) is 52.6. The molecule has 0 spiro atoms. The number of carbonyl (C=O) groups excluding carboxylic acids is 2. The molecule has 2 unspecified atom stereocenters. The number of aliphatic hydroxyl groups is 1. The number of piperazine rings is 1. The first-order chi connectivity index (χ1) is 36.8. The topological polar surface area (TPSA) is 236 Å². The average Bonchev–Trinajstić information content (AvgIpc) is 4.10. The number of nitrogens with two attached hydrogens (primary N) is 1. The van der Waals surface area contributed by atoms with Crippen molar-refractivity contribution >= 4 is 34.8 Å². The van der Waals surface area contributed by atoms with Crippen molar-refractivity contribution in [3.8, 4) is 29.0 Å². The van der Waals surface area contributed by atoms with Gasteiger partial charge in [-0.3, -0.25) is 9.59 Å². The highest BCUT2D eigenvalue weighted by atomic mass is 16.5. The van der Waals surface area contributed by atoms with Crippen LogP contribution in [-0.2, 0) is 14.3 Å². The number of phenols is 1. The molecule has 9 heterocycles. The predicted octanol–water partition coefficient (Wildman–Crippen LogP) is 6.04. The number of nitrogens with zero attached hydrogens (tertiary/aromatic N) is 10. The number of nitrogen functional groups attached to an aromatic ring is 1. The number of benzene rings is 2. The lowest BCUT2D eigenvalue weighted by Gasteiger charge is -2.58. The number of aliphatic hydroxyl groups excluding tert-OH is 1. The fourth-order valence-corrected chi connectivity index (χ4v) is 12.5. The summed E-state index contributed by atoms with van der Waals surface area (Å²) in [5.41, 5.74) is 10.9. The second kappa shape index (κ2) is 21.9. The molecule has 2 aromatic carbocycles. The van der Waals surface area contributed by atoms with Gasteiger partial charge < -0.3 is 59.8 Å². The van der Waals surface area contributed by atoms with Crippen molar-refractivity contribution in [2.45, 2.75) is 127 Å². The number of aromatic nitrogens is 4. The number of nitrogens with one attached hydrogen (secondary N) is 1. The molecule has 6 aliphatic heterocycles. The molecule has 1 saturated carbocycles. The van der Waals surface area contributed by atoms with Crippen molar-refractivity contribution in [1.29, 1.82) is 5.26 Å². The zero-order valence-electron chi connectivity index (χ0n) is 43.7. The Morgan fingerprint density at radius 3 is 2.34 bits per heavy atom. The number of fused-ring (bicyclic) bond motifs is 2. The van der Waals surface area contributed by atoms with E-state index in [2.05, 4.69) is 63.5 Å². The molecule has 76 heavy (non-hydrogen) atoms. The average molecular weight is 1040 g/mol. The lowest BCUT2D eigenvalue weighted by atomic mass is 9.86. The van der Waals surface area contributed by atoms with Crippen LogP contribution in [0.25, 0.3) is 11.3 Å². The summed E-state index contributed by atoms with van der Waals surface area (Å²) in [6.45, 7) is 12.3. The van der Waals surface area contributed by atoms with E-state index in [1.165, 1.54) is 4.90 Å². The first kappa shape index (κ1) is 51.1. The minimum Gasteiger partial charge on any atom is -0.507 e. The number of hydrogen-bond acceptors (Lipinski definition) is 17. The number of rotatable bonds is 16. The van der Waals surface area contributed by atoms with Crippen molar-refractivity contribution in [3.05, 3.63) is 95.9 Å². The number of piperidine rings is 3. The van der Waals surface area contributed by atoms with E-state index in [4.69, 9.17) is 25.0 Å². The van der Waals surface area contributed by atoms with Crippen LogP contribution in [0.1, 0.15) is 101 Å². The van der Waals surface area contributed by atoms with Crippen molar-refractivity contribution in [2.75, 3.05) is 72.8 Å². The number of ether oxygens (including phenoxy) is 2. The summed E-state index contributed by atoms with van der Waals surface area (Å²) < 4.78 is 18.9. The molecule has 6 atom stereocenters. The number of aromatic hydroxyl groups is 1. The third-order valence-corrected chi connectivity index (χ3v) is 16.8. The Kier molecular flexibility index (Phi) is 14.7. The predicted molar refractivity (Wildman–Crippen MR) is 286 cm³/mol. The van der Waals surface area contributed by atoms with Crippen molar-refractivity contribution in [2.24, 2.45) is 11.8 Å². The number of β-amino-alcohol motifs (C(OH)–C–C–N with tert-alkyl or cyclic N) is 1. The fourth-order valence-electron chi connectivity index (χ4n) is 12.5. The fraction of sp³-hybridized carbons (Fsp3) is 0.526. The number of phenolic OH excluding ortho intramolecular Hbond substituents is 1. The van der Waals surface area contributed by atoms with Gasteiger partial charge in [0.25, 0.3) is 0 Å². The van der Waals surface area contributed by atoms with Gasteiger partial charge in [0.2, 0.25) is 17.7 Å². The van der Waals surface area contributed by atoms with Gasteiger partial charge in [0.15, 0.2) is 17.4 Å². The molecule has 7 aliphatic rings. The Hall–Kier alpha value is -7.01. The van der Waals surface area contributed by atoms with Crippen LogP contribution in [-0.4, -0.2) is 147 Å². The SMILES string of the molecule is CC(C)[C@@H](C(=O)N1C[C@H](O)C[C@H]1C(=O)N[C@@H](C)c1ccc(C#N)cc1)c1cc(N2CCC(CN3CCC(O[C@H]4C[C@H](Oc5cc(N6C7CC6CN(c6cc(-c8ccccc8O)nnc6N)C7)ccn5)C4)CC3)CC2)no1. The maximum absolute atomic E-state index is 14.3. The van der Waals surface area contributed by atoms with Crippen LogP contribution in [0.3, 0.4) is 0 Å². The molecule has 7 fully saturated rings. The number of anilines is 4. The first-order valence-electron chi connectivity index (χ1n) is 27.3. The van der Waals surface area contributed by atoms with Crippen LogP contribution in [0.5, 0.6) is 11.6 Å². The molecule has 1 aliphatic carbocycles. The number of carbonyl (C=O) groups is 2. The Morgan fingerprint density at radius 1 is 0.868 bits per heavy atom. The summed E-state index contributed by atoms with van der Waals surface area (Å²) >= 11 is 0. The van der Waals surface area contributed by atoms with E-state index in [1.807, 2.05) is 51.2 Å². The highest BCUT2D eigenvalue weighted by Gasteiger charge is 2.47. The number of para-hydroxylation sites is 1. The van der Waals surface area contributed by atoms with Gasteiger partial charge >= 0.3 is 0 Å². The Labute approximate surface area is 443 Å². The van der Waals surface area contributed by atoms with Crippen molar-refractivity contribution in [1.82, 2.24) is 35.5 Å². The van der Waals surface area contributed by atoms with E-state index < -0.39 is 18.1 Å². The molecule has 12 rings (SSSR count). The summed E-state index contributed by atoms with van der Waals surface area (Å²) in [4.78, 5) is 43.6. The third kappa shape index (κ3) is 10.8. The molecule has 6 saturated heterocycles. The summed E-state index contributed by atoms with van der Waals surface area (Å²) in [5.74, 6) is 1.57. The molecular formula is C57H70N12O7. The number of likely N-dealkylation sites (tertiary alicyclic amines) is 2. The maximum Gasteiger partial charge on any atom is 0.243 e. The minimum absolute atomic E-state index is 0.0646. The summed E-state index contributed by atoms with van der Waals surface area (Å²) in [7, 11) is 0. The van der Waals surface area contributed by atoms with E-state index in [0.717, 1.165) is 114 Å². The molecule has 400 valence electrons. The summed E-state index contributed by atoms with van der Waals surface area (Å²) in [5, 5.41) is 46.2. The van der Waals surface area contributed by atoms with E-state index in [9.17, 15) is 19.8 Å². The van der Waals surface area contributed by atoms with Gasteiger partial charge in [0, 0.05) is 113 Å². The van der Waals surface area contributed by atoms with Crippen LogP contribution in [0.15, 0.2) is 83.5 Å². The van der Waals surface area contributed by atoms with Gasteiger partial charge in [-0.25, -0.2) is 4.98 Å². The van der Waals surface area contributed by atoms with Crippen LogP contribution >= 0.6 is 0 Å². The van der Waals surface area contributed by atoms with Crippen LogP contribution in [0.2, 0.25) is 0 Å². The van der Waals surface area contributed by atoms with E-state index >= 15 is 0 Å². The molecule has 5 aromatic rings. The van der Waals surface area contributed by atoms with Gasteiger partial charge in [0.1, 0.15) is 23.8 Å². The molecule has 19 heteroatoms. The molecule has 2 bridgehead atoms. The highest BCUT2D eigenvalue weighted by molar-refractivity contribution is 5.91. The second-order valence-electron chi connectivity index (χ2n) is 22.3. The molecule has 19 nitrogen and oxygen atoms in total. The largest absolute Gasteiger partial charge is 0.507 e. The second-order valence-corrected chi connectivity index (χ2v) is 22.3. The van der Waals surface area contributed by atoms with Crippen molar-refractivity contribution in [3.63, 3.8) is 0 Å². The lowest BCUT2D eigenvalue weighted by Crippen LogP contribution is -2.69. The van der Waals surface area contributed by atoms with Crippen LogP contribution in [0.4, 0.5) is 23.0 Å². The number of hydrogen-bond donors (Lipinski definition) is 4. The summed E-state index contributed by atoms with van der Waals surface area (Å²) in [6.07, 6.45) is 8.69. The van der Waals surface area contributed by atoms with Crippen LogP contribution in [0, 0.1) is 23.2 Å². The molecule has 5 N–H and O–H groups in total. The minimum atomic E-state index is -0.824. The number of nitriles is 1. The third-order valence-electron chi connectivity index (χ3n) is 16.8. The highest BCUT2D eigenvalue weighted by Crippen LogP contribution is 2.42. The Bertz CT molecular complexity index is 2880. The smallest absolute Gasteiger partial charge is 0.243 e. The zero-order valence-corrected chi connectivity index (χ0v) is 43.7. The summed E-state index contributed by atoms with van der Waals surface area (Å²) in [6, 6.07) is 23.7. The van der Waals surface area contributed by atoms with Gasteiger partial charge in [-0.2, -0.15) is 5.26 Å². The maximum atomic E-state index is 14.3. The normalized spacial score (nSPS) is 24.9. The Balaban J connectivity index is 0.594. The molecule has 0 radical (unpaired) electrons. The standard InChI is InChI=1S/C57H70N12O7/c1-34(2)54(57(73)68-33-42(70)24-49(68)56(72)61-35(3)38-10-8-36(29-58)9-11-38)51-28-52(64-76-51)66-20-13-37(14-21-66)30-65-18-15-43(16-19-65)74-44-25-45(26-44)75-53-23-39(12-17-60-53)69-40-22-41(69)32-67(31-40)48-27-47(62-63-55(48)59)46-6-4-5-7-50(46)71/h4-12,17,23,27-28,34-35,37,40-45,49,54,70-71H,13-16,18-22,24-26,30-33H2,1-3H3,(H2,59,63)(H,61,72)/t35-,40?,41?,42+,44-,45-,49-,54+/m0/s1. The molecule has 3 aromatic heterocycles. The monoisotopic (exact) mass is 1030 g/mol. The first-order valence-corrected chi connectivity index (χ1v) is 27.3. The van der Waals surface area contributed by atoms with E-state index in [1.54, 1.807) is 36.4 Å². The molecular weight excluding hydrogens is 965 g/mol. The number of amides is 2. The van der Waals surface area contributed by atoms with E-state index in [-0.39, 0.29) is 60.8 Å². The van der Waals surface area contributed by atoms with Gasteiger partial charge in [0.05, 0.1) is 47.4 Å². The van der Waals surface area contributed by atoms with Crippen LogP contribution < -0.4 is 30.5 Å². The quantitative estimate of drug-likeness (QED) is 0.0882. The molecule has 2 amide bonds. The van der Waals surface area contributed by atoms with E-state index in [0.29, 0.717) is 52.3 Å². The Morgan fingerprint density at radius 2 is 1.62 bits per heavy atom. The lowest BCUT2D eigenvalue weighted by molar-refractivity contribution is -0.141.